The lowest BCUT2D eigenvalue weighted by Gasteiger charge is -2.14. The van der Waals surface area contributed by atoms with Crippen molar-refractivity contribution < 1.29 is 27.4 Å². The predicted octanol–water partition coefficient (Wildman–Crippen LogP) is 6.74. The summed E-state index contributed by atoms with van der Waals surface area (Å²) in [6, 6.07) is 3.93. The van der Waals surface area contributed by atoms with Crippen LogP contribution in [0.5, 0.6) is 6.01 Å². The van der Waals surface area contributed by atoms with Crippen molar-refractivity contribution >= 4 is 17.3 Å². The lowest BCUT2D eigenvalue weighted by atomic mass is 10.0. The van der Waals surface area contributed by atoms with E-state index in [1.807, 2.05) is 0 Å². The van der Waals surface area contributed by atoms with E-state index in [0.29, 0.717) is 28.2 Å². The highest BCUT2D eigenvalue weighted by atomic mass is 32.1. The van der Waals surface area contributed by atoms with Gasteiger partial charge in [-0.3, -0.25) is 0 Å². The van der Waals surface area contributed by atoms with Gasteiger partial charge in [0, 0.05) is 29.8 Å². The van der Waals surface area contributed by atoms with Crippen LogP contribution in [-0.2, 0) is 17.3 Å². The van der Waals surface area contributed by atoms with E-state index < -0.39 is 23.3 Å². The monoisotopic (exact) mass is 507 g/mol. The second-order valence-corrected chi connectivity index (χ2v) is 8.99. The van der Waals surface area contributed by atoms with E-state index in [-0.39, 0.29) is 19.0 Å². The van der Waals surface area contributed by atoms with Gasteiger partial charge < -0.3 is 9.47 Å². The van der Waals surface area contributed by atoms with E-state index in [1.54, 1.807) is 17.8 Å². The van der Waals surface area contributed by atoms with Gasteiger partial charge in [-0.15, -0.1) is 11.3 Å². The van der Waals surface area contributed by atoms with Crippen molar-refractivity contribution in [2.45, 2.75) is 58.0 Å². The number of carbonyl (C=O) groups is 1. The zero-order chi connectivity index (χ0) is 25.3. The summed E-state index contributed by atoms with van der Waals surface area (Å²) in [5.74, 6) is -0.950. The second-order valence-electron chi connectivity index (χ2n) is 8.04. The summed E-state index contributed by atoms with van der Waals surface area (Å²) in [4.78, 5) is 24.9. The van der Waals surface area contributed by atoms with Crippen LogP contribution in [0.3, 0.4) is 0 Å². The van der Waals surface area contributed by atoms with Gasteiger partial charge in [-0.05, 0) is 24.1 Å². The maximum Gasteiger partial charge on any atom is 0.417 e. The van der Waals surface area contributed by atoms with E-state index in [2.05, 4.69) is 21.9 Å². The van der Waals surface area contributed by atoms with Crippen molar-refractivity contribution in [3.05, 3.63) is 57.7 Å². The Hall–Kier alpha value is -3.01. The van der Waals surface area contributed by atoms with Crippen LogP contribution in [0.2, 0.25) is 0 Å². The van der Waals surface area contributed by atoms with Crippen molar-refractivity contribution in [1.82, 2.24) is 15.0 Å². The molecule has 1 aromatic carbocycles. The van der Waals surface area contributed by atoms with Crippen LogP contribution >= 0.6 is 11.3 Å². The molecule has 3 aromatic rings. The molecule has 0 spiro atoms. The maximum absolute atomic E-state index is 13.7. The number of unbranched alkanes of at least 4 members (excludes halogenated alkanes) is 5. The molecule has 0 N–H and O–H groups in total. The van der Waals surface area contributed by atoms with Crippen molar-refractivity contribution in [1.29, 1.82) is 0 Å². The molecular formula is C25H28F3N3O3S. The topological polar surface area (TPSA) is 74.2 Å². The number of esters is 1. The number of methoxy groups -OCH3 is 1. The molecule has 0 saturated heterocycles. The van der Waals surface area contributed by atoms with E-state index >= 15 is 0 Å². The van der Waals surface area contributed by atoms with Gasteiger partial charge in [0.25, 0.3) is 0 Å². The number of hydrogen-bond acceptors (Lipinski definition) is 7. The summed E-state index contributed by atoms with van der Waals surface area (Å²) in [5.41, 5.74) is 0.230. The first kappa shape index (κ1) is 26.6. The van der Waals surface area contributed by atoms with Crippen LogP contribution in [-0.4, -0.2) is 34.6 Å². The van der Waals surface area contributed by atoms with Crippen LogP contribution in [0.25, 0.3) is 11.3 Å². The number of nitrogens with zero attached hydrogens (tertiary/aromatic N) is 3. The third-order valence-electron chi connectivity index (χ3n) is 5.35. The Balaban J connectivity index is 1.66. The Labute approximate surface area is 206 Å². The van der Waals surface area contributed by atoms with E-state index in [0.717, 1.165) is 38.2 Å². The number of rotatable bonds is 12. The van der Waals surface area contributed by atoms with Crippen LogP contribution < -0.4 is 4.74 Å². The molecule has 2 aromatic heterocycles. The molecule has 0 saturated carbocycles. The molecule has 0 amide bonds. The van der Waals surface area contributed by atoms with Gasteiger partial charge in [-0.1, -0.05) is 45.1 Å². The molecule has 6 nitrogen and oxygen atoms in total. The van der Waals surface area contributed by atoms with Gasteiger partial charge in [0.05, 0.1) is 35.5 Å². The van der Waals surface area contributed by atoms with Crippen LogP contribution in [0.1, 0.15) is 71.9 Å². The molecule has 0 atom stereocenters. The van der Waals surface area contributed by atoms with Crippen LogP contribution in [0.15, 0.2) is 36.0 Å². The molecule has 2 heterocycles. The molecule has 188 valence electrons. The van der Waals surface area contributed by atoms with Crippen molar-refractivity contribution in [3.8, 4) is 17.3 Å². The molecule has 0 aliphatic carbocycles. The van der Waals surface area contributed by atoms with Gasteiger partial charge in [0.2, 0.25) is 0 Å². The summed E-state index contributed by atoms with van der Waals surface area (Å²) in [6.07, 6.45) is 4.59. The minimum atomic E-state index is -4.68. The molecule has 35 heavy (non-hydrogen) atoms. The van der Waals surface area contributed by atoms with E-state index in [1.165, 1.54) is 30.6 Å². The highest BCUT2D eigenvalue weighted by Crippen LogP contribution is 2.34. The third-order valence-corrected chi connectivity index (χ3v) is 6.20. The molecule has 0 unspecified atom stereocenters. The highest BCUT2D eigenvalue weighted by Gasteiger charge is 2.36. The van der Waals surface area contributed by atoms with Gasteiger partial charge in [0.15, 0.2) is 0 Å². The number of alkyl halides is 3. The van der Waals surface area contributed by atoms with Gasteiger partial charge in [-0.2, -0.15) is 13.2 Å². The maximum atomic E-state index is 13.7. The molecule has 0 bridgehead atoms. The largest absolute Gasteiger partial charge is 0.467 e. The third kappa shape index (κ3) is 7.74. The fourth-order valence-electron chi connectivity index (χ4n) is 3.49. The lowest BCUT2D eigenvalue weighted by molar-refractivity contribution is -0.138. The molecule has 0 fully saturated rings. The number of halogens is 3. The second kappa shape index (κ2) is 12.6. The predicted molar refractivity (Wildman–Crippen MR) is 128 cm³/mol. The number of ether oxygens (including phenoxy) is 2. The fourth-order valence-corrected chi connectivity index (χ4v) is 4.33. The number of carbonyl (C=O) groups excluding carboxylic acids is 1. The van der Waals surface area contributed by atoms with Crippen LogP contribution in [0.4, 0.5) is 13.2 Å². The molecule has 3 rings (SSSR count). The normalized spacial score (nSPS) is 11.5. The SMILES string of the molecule is CCCCCCCCOC(=O)c1ccc(Cc2nc(-c3cnc(OC)nc3)cs2)cc1C(F)(F)F. The zero-order valence-corrected chi connectivity index (χ0v) is 20.5. The lowest BCUT2D eigenvalue weighted by Crippen LogP contribution is -2.16. The summed E-state index contributed by atoms with van der Waals surface area (Å²) < 4.78 is 51.3. The first-order valence-corrected chi connectivity index (χ1v) is 12.4. The van der Waals surface area contributed by atoms with Gasteiger partial charge in [0.1, 0.15) is 0 Å². The molecule has 0 aliphatic heterocycles. The van der Waals surface area contributed by atoms with Gasteiger partial charge >= 0.3 is 18.2 Å². The Morgan fingerprint density at radius 2 is 1.77 bits per heavy atom. The highest BCUT2D eigenvalue weighted by molar-refractivity contribution is 7.10. The number of thiazole rings is 1. The summed E-state index contributed by atoms with van der Waals surface area (Å²) in [7, 11) is 1.46. The standard InChI is InChI=1S/C25H28F3N3O3S/c1-3-4-5-6-7-8-11-34-23(32)19-10-9-17(12-20(19)25(26,27)28)13-22-31-21(16-35-22)18-14-29-24(33-2)30-15-18/h9-10,12,14-16H,3-8,11,13H2,1-2H3. The van der Waals surface area contributed by atoms with E-state index in [9.17, 15) is 18.0 Å². The summed E-state index contributed by atoms with van der Waals surface area (Å²) in [5, 5.41) is 2.42. The molecule has 0 radical (unpaired) electrons. The molecule has 10 heteroatoms. The summed E-state index contributed by atoms with van der Waals surface area (Å²) >= 11 is 1.32. The molecular weight excluding hydrogens is 479 g/mol. The number of aromatic nitrogens is 3. The smallest absolute Gasteiger partial charge is 0.417 e. The fraction of sp³-hybridized carbons (Fsp3) is 0.440. The van der Waals surface area contributed by atoms with Crippen molar-refractivity contribution in [3.63, 3.8) is 0 Å². The number of benzene rings is 1. The zero-order valence-electron chi connectivity index (χ0n) is 19.7. The average Bonchev–Trinajstić information content (AvgIpc) is 3.31. The first-order valence-electron chi connectivity index (χ1n) is 11.5. The van der Waals surface area contributed by atoms with Crippen molar-refractivity contribution in [2.24, 2.45) is 0 Å². The Bertz CT molecular complexity index is 1100. The van der Waals surface area contributed by atoms with E-state index in [4.69, 9.17) is 9.47 Å². The Morgan fingerprint density at radius 1 is 1.06 bits per heavy atom. The van der Waals surface area contributed by atoms with Crippen molar-refractivity contribution in [2.75, 3.05) is 13.7 Å². The average molecular weight is 508 g/mol. The first-order chi connectivity index (χ1) is 16.8. The minimum Gasteiger partial charge on any atom is -0.467 e. The minimum absolute atomic E-state index is 0.112. The van der Waals surface area contributed by atoms with Gasteiger partial charge in [-0.25, -0.2) is 19.7 Å². The summed E-state index contributed by atoms with van der Waals surface area (Å²) in [6.45, 7) is 2.23. The van der Waals surface area contributed by atoms with Crippen LogP contribution in [0, 0.1) is 0 Å². The number of hydrogen-bond donors (Lipinski definition) is 0. The quantitative estimate of drug-likeness (QED) is 0.200. The molecule has 0 aliphatic rings. The Kier molecular flexibility index (Phi) is 9.59. The Morgan fingerprint density at radius 3 is 2.46 bits per heavy atom.